The van der Waals surface area contributed by atoms with Crippen molar-refractivity contribution in [3.05, 3.63) is 32.5 Å². The van der Waals surface area contributed by atoms with Gasteiger partial charge in [-0.15, -0.1) is 0 Å². The number of fused-ring (bicyclic) bond motifs is 1. The number of aryl methyl sites for hydroxylation is 1. The van der Waals surface area contributed by atoms with E-state index in [1.165, 1.54) is 4.57 Å². The van der Waals surface area contributed by atoms with E-state index in [0.717, 1.165) is 42.4 Å². The smallest absolute Gasteiger partial charge is 0.332 e. The molecule has 162 valence electrons. The number of ketones is 1. The first kappa shape index (κ1) is 20.6. The Morgan fingerprint density at radius 2 is 1.93 bits per heavy atom. The lowest BCUT2D eigenvalue weighted by Crippen LogP contribution is -2.44. The van der Waals surface area contributed by atoms with Gasteiger partial charge in [0.15, 0.2) is 16.9 Å². The second-order valence-electron chi connectivity index (χ2n) is 8.80. The van der Waals surface area contributed by atoms with Crippen LogP contribution in [0.25, 0.3) is 11.2 Å². The molecule has 1 saturated carbocycles. The van der Waals surface area contributed by atoms with Gasteiger partial charge in [0, 0.05) is 38.6 Å². The molecule has 1 aliphatic heterocycles. The van der Waals surface area contributed by atoms with Gasteiger partial charge in [-0.05, 0) is 39.5 Å². The predicted octanol–water partition coefficient (Wildman–Crippen LogP) is 0.770. The lowest BCUT2D eigenvalue weighted by Gasteiger charge is -2.31. The van der Waals surface area contributed by atoms with Gasteiger partial charge >= 0.3 is 5.69 Å². The fraction of sp³-hybridized carbons (Fsp3) is 0.619. The molecule has 1 aliphatic carbocycles. The summed E-state index contributed by atoms with van der Waals surface area (Å²) >= 11 is 0. The zero-order valence-electron chi connectivity index (χ0n) is 17.9. The summed E-state index contributed by atoms with van der Waals surface area (Å²) in [6.45, 7) is 5.73. The number of rotatable bonds is 6. The first-order valence-corrected chi connectivity index (χ1v) is 10.6. The average Bonchev–Trinajstić information content (AvgIpc) is 3.48. The van der Waals surface area contributed by atoms with E-state index in [0.29, 0.717) is 30.2 Å². The minimum Gasteiger partial charge on any atom is -0.341 e. The highest BCUT2D eigenvalue weighted by Gasteiger charge is 2.31. The maximum absolute atomic E-state index is 13.4. The molecule has 9 nitrogen and oxygen atoms in total. The van der Waals surface area contributed by atoms with E-state index in [9.17, 15) is 14.4 Å². The molecule has 0 bridgehead atoms. The maximum atomic E-state index is 13.4. The summed E-state index contributed by atoms with van der Waals surface area (Å²) in [5, 5.41) is 0. The van der Waals surface area contributed by atoms with Crippen LogP contribution in [-0.4, -0.2) is 43.6 Å². The minimum absolute atomic E-state index is 0.0155. The van der Waals surface area contributed by atoms with Gasteiger partial charge in [-0.1, -0.05) is 11.6 Å². The highest BCUT2D eigenvalue weighted by atomic mass is 16.2. The molecule has 2 aromatic rings. The van der Waals surface area contributed by atoms with Crippen LogP contribution in [0, 0.1) is 5.92 Å². The molecule has 4 rings (SSSR count). The second kappa shape index (κ2) is 7.86. The highest BCUT2D eigenvalue weighted by molar-refractivity contribution is 5.83. The van der Waals surface area contributed by atoms with Crippen LogP contribution in [0.3, 0.4) is 0 Å². The van der Waals surface area contributed by atoms with Crippen LogP contribution in [0.4, 0.5) is 5.95 Å². The third-order valence-electron chi connectivity index (χ3n) is 5.98. The van der Waals surface area contributed by atoms with Crippen molar-refractivity contribution in [2.24, 2.45) is 18.7 Å². The third kappa shape index (κ3) is 3.74. The lowest BCUT2D eigenvalue weighted by molar-refractivity contribution is -0.120. The van der Waals surface area contributed by atoms with Gasteiger partial charge in [0.25, 0.3) is 5.56 Å². The number of hydrogen-bond acceptors (Lipinski definition) is 6. The molecule has 0 radical (unpaired) electrons. The van der Waals surface area contributed by atoms with E-state index in [1.54, 1.807) is 7.05 Å². The van der Waals surface area contributed by atoms with Gasteiger partial charge < -0.3 is 15.2 Å². The van der Waals surface area contributed by atoms with Crippen LogP contribution < -0.4 is 21.9 Å². The summed E-state index contributed by atoms with van der Waals surface area (Å²) < 4.78 is 4.30. The summed E-state index contributed by atoms with van der Waals surface area (Å²) in [6.07, 6.45) is 5.62. The third-order valence-corrected chi connectivity index (χ3v) is 5.98. The van der Waals surface area contributed by atoms with Gasteiger partial charge in [-0.2, -0.15) is 4.98 Å². The number of piperidine rings is 1. The van der Waals surface area contributed by atoms with Crippen molar-refractivity contribution < 1.29 is 4.79 Å². The molecule has 2 fully saturated rings. The van der Waals surface area contributed by atoms with Crippen molar-refractivity contribution in [1.82, 2.24) is 18.7 Å². The highest BCUT2D eigenvalue weighted by Crippen LogP contribution is 2.30. The number of imidazole rings is 1. The lowest BCUT2D eigenvalue weighted by atomic mass is 10.1. The molecule has 1 saturated heterocycles. The molecular formula is C21H30N6O3. The van der Waals surface area contributed by atoms with Gasteiger partial charge in [0.2, 0.25) is 5.95 Å². The van der Waals surface area contributed by atoms with Crippen molar-refractivity contribution in [3.8, 4) is 0 Å². The average molecular weight is 415 g/mol. The molecule has 1 unspecified atom stereocenters. The Balaban J connectivity index is 1.90. The number of aromatic nitrogens is 4. The Labute approximate surface area is 174 Å². The van der Waals surface area contributed by atoms with Gasteiger partial charge in [-0.25, -0.2) is 4.79 Å². The number of carbonyl (C=O) groups is 1. The standard InChI is InChI=1S/C21H30N6O3/c1-13(2)8-10-26-17-18(23-20(26)25-9-4-5-15(22)11-25)24(3)21(30)27(19(17)29)12-16(28)14-6-7-14/h8,14-15H,4-7,9-12,22H2,1-3H3. The van der Waals surface area contributed by atoms with E-state index < -0.39 is 11.2 Å². The topological polar surface area (TPSA) is 108 Å². The van der Waals surface area contributed by atoms with Crippen LogP contribution >= 0.6 is 0 Å². The first-order chi connectivity index (χ1) is 14.3. The first-order valence-electron chi connectivity index (χ1n) is 10.6. The largest absolute Gasteiger partial charge is 0.341 e. The van der Waals surface area contributed by atoms with E-state index in [-0.39, 0.29) is 24.3 Å². The van der Waals surface area contributed by atoms with E-state index in [4.69, 9.17) is 10.7 Å². The van der Waals surface area contributed by atoms with E-state index in [1.807, 2.05) is 24.5 Å². The summed E-state index contributed by atoms with van der Waals surface area (Å²) in [4.78, 5) is 45.4. The Morgan fingerprint density at radius 1 is 1.20 bits per heavy atom. The Hall–Kier alpha value is -2.68. The number of anilines is 1. The number of carbonyl (C=O) groups excluding carboxylic acids is 1. The van der Waals surface area contributed by atoms with E-state index >= 15 is 0 Å². The Bertz CT molecular complexity index is 1130. The van der Waals surface area contributed by atoms with Crippen molar-refractivity contribution in [2.75, 3.05) is 18.0 Å². The molecule has 0 aromatic carbocycles. The van der Waals surface area contributed by atoms with Crippen molar-refractivity contribution >= 4 is 22.9 Å². The molecule has 2 aromatic heterocycles. The number of Topliss-reactive ketones (excluding diaryl/α,β-unsaturated/α-hetero) is 1. The molecule has 0 amide bonds. The molecule has 2 aliphatic rings. The molecule has 2 N–H and O–H groups in total. The fourth-order valence-electron chi connectivity index (χ4n) is 4.07. The molecule has 3 heterocycles. The molecule has 1 atom stereocenters. The van der Waals surface area contributed by atoms with Crippen molar-refractivity contribution in [3.63, 3.8) is 0 Å². The predicted molar refractivity (Wildman–Crippen MR) is 116 cm³/mol. The monoisotopic (exact) mass is 414 g/mol. The zero-order valence-corrected chi connectivity index (χ0v) is 17.9. The molecule has 9 heteroatoms. The Morgan fingerprint density at radius 3 is 2.57 bits per heavy atom. The SMILES string of the molecule is CC(C)=CCn1c(N2CCCC(N)C2)nc2c1c(=O)n(CC(=O)C1CC1)c(=O)n2C. The Kier molecular flexibility index (Phi) is 5.40. The van der Waals surface area contributed by atoms with Crippen molar-refractivity contribution in [2.45, 2.75) is 58.7 Å². The summed E-state index contributed by atoms with van der Waals surface area (Å²) in [6, 6.07) is 0.0482. The number of hydrogen-bond donors (Lipinski definition) is 1. The number of nitrogens with two attached hydrogens (primary N) is 1. The number of allylic oxidation sites excluding steroid dienone is 2. The molecule has 30 heavy (non-hydrogen) atoms. The second-order valence-corrected chi connectivity index (χ2v) is 8.80. The van der Waals surface area contributed by atoms with Crippen LogP contribution in [0.2, 0.25) is 0 Å². The molecule has 0 spiro atoms. The van der Waals surface area contributed by atoms with E-state index in [2.05, 4.69) is 4.90 Å². The summed E-state index contributed by atoms with van der Waals surface area (Å²) in [7, 11) is 1.60. The summed E-state index contributed by atoms with van der Waals surface area (Å²) in [5.41, 5.74) is 7.03. The van der Waals surface area contributed by atoms with Crippen LogP contribution in [0.15, 0.2) is 21.2 Å². The normalized spacial score (nSPS) is 19.3. The van der Waals surface area contributed by atoms with Crippen molar-refractivity contribution in [1.29, 1.82) is 0 Å². The maximum Gasteiger partial charge on any atom is 0.332 e. The zero-order chi connectivity index (χ0) is 21.6. The molecular weight excluding hydrogens is 384 g/mol. The van der Waals surface area contributed by atoms with Crippen LogP contribution in [-0.2, 0) is 24.9 Å². The quantitative estimate of drug-likeness (QED) is 0.700. The van der Waals surface area contributed by atoms with Crippen LogP contribution in [0.5, 0.6) is 0 Å². The fourth-order valence-corrected chi connectivity index (χ4v) is 4.07. The van der Waals surface area contributed by atoms with Gasteiger partial charge in [0.1, 0.15) is 0 Å². The van der Waals surface area contributed by atoms with Crippen LogP contribution in [0.1, 0.15) is 39.5 Å². The van der Waals surface area contributed by atoms with Gasteiger partial charge in [-0.3, -0.25) is 18.7 Å². The minimum atomic E-state index is -0.504. The van der Waals surface area contributed by atoms with Gasteiger partial charge in [0.05, 0.1) is 6.54 Å². The summed E-state index contributed by atoms with van der Waals surface area (Å²) in [5.74, 6) is 0.584. The number of nitrogens with zero attached hydrogens (tertiary/aromatic N) is 5.